The Labute approximate surface area is 194 Å². The van der Waals surface area contributed by atoms with Crippen molar-refractivity contribution in [1.82, 2.24) is 5.32 Å². The van der Waals surface area contributed by atoms with Crippen molar-refractivity contribution in [3.8, 4) is 0 Å². The molecule has 23 heavy (non-hydrogen) atoms. The molecular formula is C11H12Br2KNO6S2. The van der Waals surface area contributed by atoms with Crippen LogP contribution in [-0.2, 0) is 24.7 Å². The normalized spacial score (nSPS) is 14.4. The molecule has 1 rings (SSSR count). The fourth-order valence-corrected chi connectivity index (χ4v) is 3.73. The molecule has 0 saturated heterocycles. The third-order valence-electron chi connectivity index (χ3n) is 2.58. The number of carbonyl (C=O) groups is 1. The summed E-state index contributed by atoms with van der Waals surface area (Å²) in [5, 5.41) is 2.08. The number of aryl methyl sites for hydroxylation is 1. The Balaban J connectivity index is 0.00000484. The number of hydrogen-bond acceptors (Lipinski definition) is 6. The van der Waals surface area contributed by atoms with Gasteiger partial charge in [0.25, 0.3) is 0 Å². The van der Waals surface area contributed by atoms with Gasteiger partial charge in [-0.1, -0.05) is 49.6 Å². The molecule has 0 spiro atoms. The molecule has 7 nitrogen and oxygen atoms in total. The number of amides is 1. The van der Waals surface area contributed by atoms with E-state index in [1.807, 2.05) is 0 Å². The van der Waals surface area contributed by atoms with Crippen LogP contribution in [0.5, 0.6) is 0 Å². The van der Waals surface area contributed by atoms with Crippen LogP contribution in [0, 0.1) is 6.92 Å². The van der Waals surface area contributed by atoms with E-state index in [1.54, 1.807) is 19.1 Å². The molecule has 0 aromatic heterocycles. The first kappa shape index (κ1) is 24.1. The van der Waals surface area contributed by atoms with Gasteiger partial charge in [0, 0.05) is 6.54 Å². The Morgan fingerprint density at radius 3 is 2.09 bits per heavy atom. The Morgan fingerprint density at radius 1 is 1.17 bits per heavy atom. The van der Waals surface area contributed by atoms with Crippen molar-refractivity contribution in [2.24, 2.45) is 0 Å². The van der Waals surface area contributed by atoms with E-state index >= 15 is 0 Å². The molecule has 1 amide bonds. The number of carbonyl (C=O) groups excluding carboxylic acids is 1. The van der Waals surface area contributed by atoms with E-state index in [9.17, 15) is 26.2 Å². The van der Waals surface area contributed by atoms with Gasteiger partial charge in [-0.2, -0.15) is 0 Å². The van der Waals surface area contributed by atoms with E-state index in [-0.39, 0.29) is 56.3 Å². The quantitative estimate of drug-likeness (QED) is 0.262. The summed E-state index contributed by atoms with van der Waals surface area (Å²) in [5.74, 6) is -0.964. The van der Waals surface area contributed by atoms with Gasteiger partial charge in [0.15, 0.2) is 14.0 Å². The maximum atomic E-state index is 12.2. The SMILES string of the molecule is Cc1ccc(S(=O)(=O)C(Br)C(=O)NCC(Br)S(=O)(=O)[O-])cc1.[K+]. The zero-order valence-corrected chi connectivity index (χ0v) is 20.1. The molecule has 1 aromatic rings. The predicted molar refractivity (Wildman–Crippen MR) is 86.5 cm³/mol. The van der Waals surface area contributed by atoms with Crippen LogP contribution in [0.25, 0.3) is 0 Å². The molecule has 0 radical (unpaired) electrons. The number of sulfone groups is 1. The first-order valence-electron chi connectivity index (χ1n) is 5.77. The molecule has 2 unspecified atom stereocenters. The minimum Gasteiger partial charge on any atom is -0.747 e. The summed E-state index contributed by atoms with van der Waals surface area (Å²) in [4.78, 5) is 11.8. The van der Waals surface area contributed by atoms with Crippen LogP contribution in [0.15, 0.2) is 29.2 Å². The third-order valence-corrected chi connectivity index (χ3v) is 8.65. The van der Waals surface area contributed by atoms with Gasteiger partial charge in [-0.3, -0.25) is 4.79 Å². The summed E-state index contributed by atoms with van der Waals surface area (Å²) in [5.41, 5.74) is 0.859. The summed E-state index contributed by atoms with van der Waals surface area (Å²) >= 11 is 5.38. The van der Waals surface area contributed by atoms with Gasteiger partial charge in [0.1, 0.15) is 14.3 Å². The molecule has 124 valence electrons. The van der Waals surface area contributed by atoms with E-state index in [2.05, 4.69) is 37.2 Å². The van der Waals surface area contributed by atoms with Crippen LogP contribution in [0.1, 0.15) is 5.56 Å². The van der Waals surface area contributed by atoms with Gasteiger partial charge >= 0.3 is 51.4 Å². The molecule has 0 fully saturated rings. The number of benzene rings is 1. The molecule has 12 heteroatoms. The van der Waals surface area contributed by atoms with Gasteiger partial charge in [-0.15, -0.1) is 0 Å². The van der Waals surface area contributed by atoms with Crippen LogP contribution in [0.4, 0.5) is 0 Å². The fraction of sp³-hybridized carbons (Fsp3) is 0.364. The standard InChI is InChI=1S/C11H13Br2NO6S2.K/c1-7-2-4-8(5-3-7)21(16,17)10(13)11(15)14-6-9(12)22(18,19)20;/h2-5,9-10H,6H2,1H3,(H,14,15)(H,18,19,20);/q;+1/p-1. The summed E-state index contributed by atoms with van der Waals surface area (Å²) in [6, 6.07) is 5.90. The third kappa shape index (κ3) is 7.11. The van der Waals surface area contributed by atoms with Crippen molar-refractivity contribution < 1.29 is 77.6 Å². The zero-order chi connectivity index (χ0) is 17.1. The van der Waals surface area contributed by atoms with Crippen LogP contribution in [0.2, 0.25) is 0 Å². The monoisotopic (exact) mass is 515 g/mol. The summed E-state index contributed by atoms with van der Waals surface area (Å²) in [6.45, 7) is 1.24. The molecule has 1 aromatic carbocycles. The van der Waals surface area contributed by atoms with Crippen molar-refractivity contribution in [3.05, 3.63) is 29.8 Å². The van der Waals surface area contributed by atoms with Crippen molar-refractivity contribution in [2.45, 2.75) is 20.1 Å². The second-order valence-electron chi connectivity index (χ2n) is 4.32. The smallest absolute Gasteiger partial charge is 0.747 e. The topological polar surface area (TPSA) is 120 Å². The van der Waals surface area contributed by atoms with Crippen molar-refractivity contribution >= 4 is 57.7 Å². The van der Waals surface area contributed by atoms with E-state index < -0.39 is 40.7 Å². The van der Waals surface area contributed by atoms with Crippen LogP contribution in [-0.4, -0.2) is 42.2 Å². The maximum absolute atomic E-state index is 12.2. The molecular weight excluding hydrogens is 505 g/mol. The van der Waals surface area contributed by atoms with Gasteiger partial charge in [-0.05, 0) is 19.1 Å². The minimum absolute atomic E-state index is 0. The summed E-state index contributed by atoms with van der Waals surface area (Å²) < 4.78 is 53.4. The number of alkyl halides is 2. The Kier molecular flexibility index (Phi) is 10.2. The molecule has 0 saturated carbocycles. The van der Waals surface area contributed by atoms with Crippen LogP contribution < -0.4 is 56.7 Å². The number of halogens is 2. The molecule has 0 aliphatic rings. The predicted octanol–water partition coefficient (Wildman–Crippen LogP) is -2.12. The maximum Gasteiger partial charge on any atom is 1.00 e. The molecule has 1 N–H and O–H groups in total. The van der Waals surface area contributed by atoms with Crippen molar-refractivity contribution in [3.63, 3.8) is 0 Å². The Morgan fingerprint density at radius 2 is 1.65 bits per heavy atom. The molecule has 0 heterocycles. The van der Waals surface area contributed by atoms with Gasteiger partial charge < -0.3 is 9.87 Å². The molecule has 2 atom stereocenters. The van der Waals surface area contributed by atoms with Gasteiger partial charge in [-0.25, -0.2) is 16.8 Å². The summed E-state index contributed by atoms with van der Waals surface area (Å²) in [6.07, 6.45) is 0. The van der Waals surface area contributed by atoms with E-state index in [1.165, 1.54) is 12.1 Å². The molecule has 0 bridgehead atoms. The van der Waals surface area contributed by atoms with E-state index in [0.717, 1.165) is 5.56 Å². The van der Waals surface area contributed by atoms with Crippen molar-refractivity contribution in [2.75, 3.05) is 6.54 Å². The average Bonchev–Trinajstić information content (AvgIpc) is 2.42. The Hall–Kier alpha value is 1.15. The summed E-state index contributed by atoms with van der Waals surface area (Å²) in [7, 11) is -8.61. The second-order valence-corrected chi connectivity index (χ2v) is 11.1. The first-order chi connectivity index (χ1) is 9.96. The van der Waals surface area contributed by atoms with E-state index in [4.69, 9.17) is 0 Å². The van der Waals surface area contributed by atoms with Crippen molar-refractivity contribution in [1.29, 1.82) is 0 Å². The van der Waals surface area contributed by atoms with Crippen LogP contribution >= 0.6 is 31.9 Å². The van der Waals surface area contributed by atoms with Gasteiger partial charge in [0.2, 0.25) is 5.91 Å². The zero-order valence-electron chi connectivity index (χ0n) is 12.2. The second kappa shape index (κ2) is 9.74. The molecule has 0 aliphatic carbocycles. The average molecular weight is 517 g/mol. The molecule has 0 aliphatic heterocycles. The van der Waals surface area contributed by atoms with Gasteiger partial charge in [0.05, 0.1) is 4.90 Å². The van der Waals surface area contributed by atoms with E-state index in [0.29, 0.717) is 0 Å². The Bertz CT molecular complexity index is 751. The number of hydrogen-bond donors (Lipinski definition) is 1. The fourth-order valence-electron chi connectivity index (χ4n) is 1.35. The first-order valence-corrected chi connectivity index (χ1v) is 10.6. The largest absolute Gasteiger partial charge is 1.00 e. The van der Waals surface area contributed by atoms with Crippen LogP contribution in [0.3, 0.4) is 0 Å². The number of nitrogens with one attached hydrogen (secondary N) is 1. The number of rotatable bonds is 6. The minimum atomic E-state index is -4.63.